The van der Waals surface area contributed by atoms with Gasteiger partial charge in [-0.05, 0) is 12.1 Å². The summed E-state index contributed by atoms with van der Waals surface area (Å²) in [6, 6.07) is 7.71. The smallest absolute Gasteiger partial charge is 0.258 e. The first-order valence-electron chi connectivity index (χ1n) is 4.41. The minimum absolute atomic E-state index is 0.104. The lowest BCUT2D eigenvalue weighted by Gasteiger charge is -2.02. The molecule has 0 aliphatic heterocycles. The van der Waals surface area contributed by atoms with Crippen LogP contribution in [-0.4, -0.2) is 14.7 Å². The van der Waals surface area contributed by atoms with Crippen molar-refractivity contribution in [3.63, 3.8) is 0 Å². The highest BCUT2D eigenvalue weighted by atomic mass is 16.6. The molecule has 2 aromatic rings. The van der Waals surface area contributed by atoms with Crippen molar-refractivity contribution in [1.29, 1.82) is 5.26 Å². The third-order valence-corrected chi connectivity index (χ3v) is 2.06. The molecule has 0 bridgehead atoms. The summed E-state index contributed by atoms with van der Waals surface area (Å²) in [6.07, 6.45) is 3.24. The van der Waals surface area contributed by atoms with Crippen LogP contribution in [0.5, 0.6) is 0 Å². The first-order chi connectivity index (χ1) is 7.72. The van der Waals surface area contributed by atoms with Gasteiger partial charge >= 0.3 is 0 Å². The lowest BCUT2D eigenvalue weighted by molar-refractivity contribution is -0.384. The van der Waals surface area contributed by atoms with Gasteiger partial charge in [0.05, 0.1) is 16.2 Å². The zero-order chi connectivity index (χ0) is 11.5. The van der Waals surface area contributed by atoms with Crippen LogP contribution in [0, 0.1) is 21.4 Å². The molecule has 6 nitrogen and oxygen atoms in total. The molecule has 0 atom stereocenters. The third kappa shape index (κ3) is 1.62. The minimum atomic E-state index is -0.534. The molecule has 1 heterocycles. The number of hydrogen-bond acceptors (Lipinski definition) is 4. The summed E-state index contributed by atoms with van der Waals surface area (Å²) in [7, 11) is 0. The molecular formula is C10H6N4O2. The highest BCUT2D eigenvalue weighted by Gasteiger charge is 2.11. The second kappa shape index (κ2) is 3.82. The Morgan fingerprint density at radius 3 is 2.88 bits per heavy atom. The van der Waals surface area contributed by atoms with Crippen molar-refractivity contribution in [1.82, 2.24) is 9.78 Å². The first kappa shape index (κ1) is 9.86. The molecule has 0 saturated heterocycles. The maximum absolute atomic E-state index is 10.5. The molecule has 0 aliphatic rings. The molecule has 0 saturated carbocycles. The molecule has 0 radical (unpaired) electrons. The van der Waals surface area contributed by atoms with Crippen molar-refractivity contribution >= 4 is 5.69 Å². The Morgan fingerprint density at radius 1 is 1.50 bits per heavy atom. The van der Waals surface area contributed by atoms with Crippen LogP contribution in [-0.2, 0) is 0 Å². The Morgan fingerprint density at radius 2 is 2.31 bits per heavy atom. The molecule has 0 amide bonds. The molecule has 1 aromatic carbocycles. The summed E-state index contributed by atoms with van der Waals surface area (Å²) >= 11 is 0. The Kier molecular flexibility index (Phi) is 2.36. The summed E-state index contributed by atoms with van der Waals surface area (Å²) in [6.45, 7) is 0. The molecule has 16 heavy (non-hydrogen) atoms. The first-order valence-corrected chi connectivity index (χ1v) is 4.41. The van der Waals surface area contributed by atoms with E-state index in [-0.39, 0.29) is 11.3 Å². The second-order valence-corrected chi connectivity index (χ2v) is 3.02. The van der Waals surface area contributed by atoms with E-state index in [0.717, 1.165) is 0 Å². The fourth-order valence-electron chi connectivity index (χ4n) is 1.34. The molecule has 1 aromatic heterocycles. The molecule has 78 valence electrons. The number of rotatable bonds is 2. The van der Waals surface area contributed by atoms with Crippen molar-refractivity contribution in [3.05, 3.63) is 52.3 Å². The molecule has 0 spiro atoms. The highest BCUT2D eigenvalue weighted by Crippen LogP contribution is 2.19. The minimum Gasteiger partial charge on any atom is -0.258 e. The monoisotopic (exact) mass is 214 g/mol. The van der Waals surface area contributed by atoms with Gasteiger partial charge in [0, 0.05) is 24.5 Å². The number of nitro benzene ring substituents is 1. The van der Waals surface area contributed by atoms with E-state index in [1.807, 2.05) is 6.07 Å². The van der Waals surface area contributed by atoms with Crippen molar-refractivity contribution in [2.24, 2.45) is 0 Å². The van der Waals surface area contributed by atoms with E-state index in [4.69, 9.17) is 5.26 Å². The average molecular weight is 214 g/mol. The number of nitrogens with zero attached hydrogens (tertiary/aromatic N) is 4. The molecule has 0 fully saturated rings. The van der Waals surface area contributed by atoms with Gasteiger partial charge < -0.3 is 0 Å². The van der Waals surface area contributed by atoms with Crippen molar-refractivity contribution in [2.75, 3.05) is 0 Å². The zero-order valence-electron chi connectivity index (χ0n) is 8.07. The van der Waals surface area contributed by atoms with Crippen LogP contribution in [0.2, 0.25) is 0 Å². The fraction of sp³-hybridized carbons (Fsp3) is 0. The van der Waals surface area contributed by atoms with Crippen LogP contribution < -0.4 is 0 Å². The van der Waals surface area contributed by atoms with Gasteiger partial charge in [0.2, 0.25) is 0 Å². The van der Waals surface area contributed by atoms with Crippen LogP contribution in [0.4, 0.5) is 5.69 Å². The predicted octanol–water partition coefficient (Wildman–Crippen LogP) is 1.65. The van der Waals surface area contributed by atoms with E-state index in [2.05, 4.69) is 5.10 Å². The Labute approximate surface area is 90.5 Å². The lowest BCUT2D eigenvalue weighted by Crippen LogP contribution is -1.99. The predicted molar refractivity (Wildman–Crippen MR) is 54.9 cm³/mol. The average Bonchev–Trinajstić information content (AvgIpc) is 2.81. The largest absolute Gasteiger partial charge is 0.270 e. The number of nitriles is 1. The lowest BCUT2D eigenvalue weighted by atomic mass is 10.2. The number of nitro groups is 1. The molecule has 6 heteroatoms. The van der Waals surface area contributed by atoms with Gasteiger partial charge in [-0.15, -0.1) is 0 Å². The summed E-state index contributed by atoms with van der Waals surface area (Å²) < 4.78 is 1.49. The van der Waals surface area contributed by atoms with Crippen LogP contribution in [0.1, 0.15) is 5.56 Å². The molecular weight excluding hydrogens is 208 g/mol. The van der Waals surface area contributed by atoms with Gasteiger partial charge in [-0.3, -0.25) is 10.1 Å². The molecule has 0 unspecified atom stereocenters. The Bertz CT molecular complexity index is 569. The van der Waals surface area contributed by atoms with Crippen LogP contribution in [0.25, 0.3) is 5.69 Å². The second-order valence-electron chi connectivity index (χ2n) is 3.02. The third-order valence-electron chi connectivity index (χ3n) is 2.06. The molecule has 2 rings (SSSR count). The van der Waals surface area contributed by atoms with Crippen LogP contribution in [0.3, 0.4) is 0 Å². The van der Waals surface area contributed by atoms with Crippen molar-refractivity contribution in [3.8, 4) is 11.8 Å². The van der Waals surface area contributed by atoms with Gasteiger partial charge in [0.15, 0.2) is 0 Å². The number of hydrogen-bond donors (Lipinski definition) is 0. The van der Waals surface area contributed by atoms with Crippen LogP contribution in [0.15, 0.2) is 36.7 Å². The highest BCUT2D eigenvalue weighted by molar-refractivity contribution is 5.53. The number of aromatic nitrogens is 2. The van der Waals surface area contributed by atoms with Gasteiger partial charge in [-0.2, -0.15) is 10.4 Å². The number of benzene rings is 1. The SMILES string of the molecule is N#Cc1cc([N+](=O)[O-])ccc1-n1cccn1. The molecule has 0 aliphatic carbocycles. The standard InChI is InChI=1S/C10H6N4O2/c11-7-8-6-9(14(15)16)2-3-10(8)13-5-1-4-12-13/h1-6H. The van der Waals surface area contributed by atoms with Gasteiger partial charge in [0.25, 0.3) is 5.69 Å². The van der Waals surface area contributed by atoms with E-state index >= 15 is 0 Å². The topological polar surface area (TPSA) is 84.7 Å². The van der Waals surface area contributed by atoms with Crippen LogP contribution >= 0.6 is 0 Å². The fourth-order valence-corrected chi connectivity index (χ4v) is 1.34. The van der Waals surface area contributed by atoms with E-state index in [1.54, 1.807) is 18.5 Å². The maximum Gasteiger partial charge on any atom is 0.270 e. The Hall–Kier alpha value is -2.68. The summed E-state index contributed by atoms with van der Waals surface area (Å²) in [5, 5.41) is 23.4. The van der Waals surface area contributed by atoms with Gasteiger partial charge in [-0.25, -0.2) is 4.68 Å². The summed E-state index contributed by atoms with van der Waals surface area (Å²) in [5.41, 5.74) is 0.642. The molecule has 0 N–H and O–H groups in total. The van der Waals surface area contributed by atoms with Gasteiger partial charge in [0.1, 0.15) is 6.07 Å². The maximum atomic E-state index is 10.5. The van der Waals surface area contributed by atoms with E-state index in [0.29, 0.717) is 5.69 Å². The quantitative estimate of drug-likeness (QED) is 0.562. The Balaban J connectivity index is 2.57. The van der Waals surface area contributed by atoms with Crippen molar-refractivity contribution in [2.45, 2.75) is 0 Å². The van der Waals surface area contributed by atoms with E-state index < -0.39 is 4.92 Å². The summed E-state index contributed by atoms with van der Waals surface area (Å²) in [5.74, 6) is 0. The van der Waals surface area contributed by atoms with E-state index in [1.165, 1.54) is 22.9 Å². The summed E-state index contributed by atoms with van der Waals surface area (Å²) in [4.78, 5) is 10.0. The normalized spacial score (nSPS) is 9.69. The van der Waals surface area contributed by atoms with Crippen molar-refractivity contribution < 1.29 is 4.92 Å². The van der Waals surface area contributed by atoms with Gasteiger partial charge in [-0.1, -0.05) is 0 Å². The number of non-ortho nitro benzene ring substituents is 1. The van der Waals surface area contributed by atoms with E-state index in [9.17, 15) is 10.1 Å². The zero-order valence-corrected chi connectivity index (χ0v) is 8.07.